The summed E-state index contributed by atoms with van der Waals surface area (Å²) in [5.41, 5.74) is 0. The molecule has 0 radical (unpaired) electrons. The van der Waals surface area contributed by atoms with E-state index in [4.69, 9.17) is 5.11 Å². The maximum absolute atomic E-state index is 11.1. The van der Waals surface area contributed by atoms with Crippen LogP contribution in [0.5, 0.6) is 0 Å². The molecule has 0 atom stereocenters. The van der Waals surface area contributed by atoms with Crippen LogP contribution in [0.15, 0.2) is 24.3 Å². The Morgan fingerprint density at radius 2 is 1.78 bits per heavy atom. The number of nitrogens with one attached hydrogen (secondary N) is 1. The van der Waals surface area contributed by atoms with E-state index in [1.54, 1.807) is 0 Å². The molecule has 0 bridgehead atoms. The first kappa shape index (κ1) is 16.4. The van der Waals surface area contributed by atoms with Gasteiger partial charge in [0, 0.05) is 18.7 Å². The number of unbranched alkanes of at least 4 members (excludes halogenated alkanes) is 4. The van der Waals surface area contributed by atoms with Gasteiger partial charge in [-0.05, 0) is 25.7 Å². The Balaban J connectivity index is 3.35. The molecule has 0 spiro atoms. The van der Waals surface area contributed by atoms with Crippen LogP contribution in [-0.4, -0.2) is 23.5 Å². The average molecular weight is 253 g/mol. The topological polar surface area (TPSA) is 66.4 Å². The second-order valence-corrected chi connectivity index (χ2v) is 4.07. The maximum Gasteiger partial charge on any atom is 0.328 e. The van der Waals surface area contributed by atoms with Crippen molar-refractivity contribution in [3.05, 3.63) is 24.3 Å². The number of hydrogen-bond donors (Lipinski definition) is 2. The van der Waals surface area contributed by atoms with Crippen LogP contribution < -0.4 is 5.32 Å². The van der Waals surface area contributed by atoms with Crippen molar-refractivity contribution in [3.63, 3.8) is 0 Å². The molecule has 0 fully saturated rings. The second-order valence-electron chi connectivity index (χ2n) is 4.07. The van der Waals surface area contributed by atoms with Gasteiger partial charge < -0.3 is 10.4 Å². The first-order valence-corrected chi connectivity index (χ1v) is 6.50. The van der Waals surface area contributed by atoms with Gasteiger partial charge in [0.05, 0.1) is 0 Å². The summed E-state index contributed by atoms with van der Waals surface area (Å²) >= 11 is 0. The predicted octanol–water partition coefficient (Wildman–Crippen LogP) is 2.66. The highest BCUT2D eigenvalue weighted by Crippen LogP contribution is 2.01. The van der Waals surface area contributed by atoms with Gasteiger partial charge in [-0.25, -0.2) is 4.79 Å². The minimum Gasteiger partial charge on any atom is -0.478 e. The van der Waals surface area contributed by atoms with Gasteiger partial charge in [0.15, 0.2) is 0 Å². The molecule has 0 aromatic carbocycles. The highest BCUT2D eigenvalue weighted by molar-refractivity contribution is 5.93. The number of allylic oxidation sites excluding steroid dienone is 2. The molecule has 4 nitrogen and oxygen atoms in total. The Kier molecular flexibility index (Phi) is 10.8. The van der Waals surface area contributed by atoms with E-state index in [0.29, 0.717) is 6.54 Å². The Hall–Kier alpha value is -1.58. The third kappa shape index (κ3) is 12.5. The summed E-state index contributed by atoms with van der Waals surface area (Å²) in [5, 5.41) is 11.0. The molecule has 0 heterocycles. The highest BCUT2D eigenvalue weighted by Gasteiger charge is 1.95. The fraction of sp³-hybridized carbons (Fsp3) is 0.571. The molecule has 18 heavy (non-hydrogen) atoms. The summed E-state index contributed by atoms with van der Waals surface area (Å²) < 4.78 is 0. The van der Waals surface area contributed by atoms with Gasteiger partial charge in [-0.15, -0.1) is 0 Å². The number of carboxylic acid groups (broad SMARTS) is 1. The van der Waals surface area contributed by atoms with Crippen molar-refractivity contribution in [1.29, 1.82) is 0 Å². The lowest BCUT2D eigenvalue weighted by Crippen LogP contribution is -2.22. The van der Waals surface area contributed by atoms with Crippen LogP contribution >= 0.6 is 0 Å². The molecule has 0 aliphatic heterocycles. The summed E-state index contributed by atoms with van der Waals surface area (Å²) in [6.45, 7) is 2.76. The molecule has 0 saturated carbocycles. The van der Waals surface area contributed by atoms with Crippen molar-refractivity contribution < 1.29 is 14.7 Å². The van der Waals surface area contributed by atoms with Crippen LogP contribution in [0.25, 0.3) is 0 Å². The summed E-state index contributed by atoms with van der Waals surface area (Å²) in [6, 6.07) is 0. The summed E-state index contributed by atoms with van der Waals surface area (Å²) in [6.07, 6.45) is 12.8. The molecule has 4 heteroatoms. The van der Waals surface area contributed by atoms with E-state index in [1.165, 1.54) is 6.42 Å². The molecule has 2 N–H and O–H groups in total. The lowest BCUT2D eigenvalue weighted by atomic mass is 10.1. The van der Waals surface area contributed by atoms with Crippen molar-refractivity contribution in [2.24, 2.45) is 0 Å². The third-order valence-corrected chi connectivity index (χ3v) is 2.35. The third-order valence-electron chi connectivity index (χ3n) is 2.35. The van der Waals surface area contributed by atoms with Crippen LogP contribution in [0.1, 0.15) is 45.4 Å². The van der Waals surface area contributed by atoms with Gasteiger partial charge in [-0.3, -0.25) is 4.79 Å². The molecule has 0 unspecified atom stereocenters. The molecule has 0 aliphatic rings. The Bertz CT molecular complexity index is 295. The van der Waals surface area contributed by atoms with Gasteiger partial charge in [0.1, 0.15) is 0 Å². The van der Waals surface area contributed by atoms with Gasteiger partial charge in [0.2, 0.25) is 5.91 Å². The van der Waals surface area contributed by atoms with Crippen LogP contribution in [0.3, 0.4) is 0 Å². The molecule has 0 saturated heterocycles. The summed E-state index contributed by atoms with van der Waals surface area (Å²) in [7, 11) is 0. The second kappa shape index (κ2) is 11.9. The Morgan fingerprint density at radius 3 is 2.44 bits per heavy atom. The van der Waals surface area contributed by atoms with Crippen molar-refractivity contribution in [3.8, 4) is 0 Å². The smallest absolute Gasteiger partial charge is 0.328 e. The van der Waals surface area contributed by atoms with Gasteiger partial charge >= 0.3 is 5.97 Å². The van der Waals surface area contributed by atoms with Gasteiger partial charge in [-0.2, -0.15) is 0 Å². The zero-order valence-electron chi connectivity index (χ0n) is 11.0. The first-order chi connectivity index (χ1) is 8.66. The number of amides is 1. The van der Waals surface area contributed by atoms with Crippen LogP contribution in [0, 0.1) is 0 Å². The van der Waals surface area contributed by atoms with Crippen molar-refractivity contribution in [1.82, 2.24) is 5.32 Å². The van der Waals surface area contributed by atoms with E-state index in [-0.39, 0.29) is 5.91 Å². The number of carbonyl (C=O) groups excluding carboxylic acids is 1. The quantitative estimate of drug-likeness (QED) is 0.357. The fourth-order valence-corrected chi connectivity index (χ4v) is 1.38. The largest absolute Gasteiger partial charge is 0.478 e. The zero-order valence-corrected chi connectivity index (χ0v) is 11.0. The van der Waals surface area contributed by atoms with E-state index in [0.717, 1.165) is 44.3 Å². The van der Waals surface area contributed by atoms with Crippen LogP contribution in [0.4, 0.5) is 0 Å². The number of carboxylic acids is 1. The molecule has 0 rings (SSSR count). The summed E-state index contributed by atoms with van der Waals surface area (Å²) in [4.78, 5) is 21.2. The zero-order chi connectivity index (χ0) is 13.6. The fourth-order valence-electron chi connectivity index (χ4n) is 1.38. The van der Waals surface area contributed by atoms with Crippen LogP contribution in [-0.2, 0) is 9.59 Å². The molecule has 0 aliphatic carbocycles. The molecule has 1 amide bonds. The monoisotopic (exact) mass is 253 g/mol. The van der Waals surface area contributed by atoms with Gasteiger partial charge in [-0.1, -0.05) is 31.9 Å². The van der Waals surface area contributed by atoms with E-state index in [9.17, 15) is 9.59 Å². The Labute approximate surface area is 109 Å². The van der Waals surface area contributed by atoms with E-state index >= 15 is 0 Å². The molecular weight excluding hydrogens is 230 g/mol. The summed E-state index contributed by atoms with van der Waals surface area (Å²) in [5.74, 6) is -1.45. The van der Waals surface area contributed by atoms with E-state index in [2.05, 4.69) is 24.4 Å². The molecule has 0 aromatic rings. The SMILES string of the molecule is CCC/C=C/CCCCCNC(=O)/C=C/C(=O)O. The number of hydrogen-bond acceptors (Lipinski definition) is 2. The molecule has 0 aromatic heterocycles. The van der Waals surface area contributed by atoms with Crippen molar-refractivity contribution in [2.75, 3.05) is 6.54 Å². The minimum absolute atomic E-state index is 0.347. The molecule has 102 valence electrons. The van der Waals surface area contributed by atoms with E-state index < -0.39 is 5.97 Å². The van der Waals surface area contributed by atoms with Gasteiger partial charge in [0.25, 0.3) is 0 Å². The normalized spacial score (nSPS) is 11.2. The highest BCUT2D eigenvalue weighted by atomic mass is 16.4. The lowest BCUT2D eigenvalue weighted by Gasteiger charge is -2.01. The Morgan fingerprint density at radius 1 is 1.06 bits per heavy atom. The number of carbonyl (C=O) groups is 2. The molecular formula is C14H23NO3. The predicted molar refractivity (Wildman–Crippen MR) is 72.3 cm³/mol. The number of aliphatic carboxylic acids is 1. The maximum atomic E-state index is 11.1. The van der Waals surface area contributed by atoms with E-state index in [1.807, 2.05) is 0 Å². The first-order valence-electron chi connectivity index (χ1n) is 6.50. The van der Waals surface area contributed by atoms with Crippen molar-refractivity contribution >= 4 is 11.9 Å². The lowest BCUT2D eigenvalue weighted by molar-refractivity contribution is -0.131. The van der Waals surface area contributed by atoms with Crippen LogP contribution in [0.2, 0.25) is 0 Å². The number of rotatable bonds is 10. The minimum atomic E-state index is -1.11. The average Bonchev–Trinajstić information content (AvgIpc) is 2.34. The van der Waals surface area contributed by atoms with Crippen molar-refractivity contribution in [2.45, 2.75) is 45.4 Å². The standard InChI is InChI=1S/C14H23NO3/c1-2-3-4-5-6-7-8-9-12-15-13(16)10-11-14(17)18/h4-5,10-11H,2-3,6-9,12H2,1H3,(H,15,16)(H,17,18)/b5-4+,11-10+.